The van der Waals surface area contributed by atoms with Crippen molar-refractivity contribution in [1.82, 2.24) is 0 Å². The quantitative estimate of drug-likeness (QED) is 0.876. The van der Waals surface area contributed by atoms with Crippen LogP contribution in [0.25, 0.3) is 0 Å². The highest BCUT2D eigenvalue weighted by molar-refractivity contribution is 7.83. The molecule has 0 saturated carbocycles. The fraction of sp³-hybridized carbons (Fsp3) is 0.200. The molecule has 0 radical (unpaired) electrons. The van der Waals surface area contributed by atoms with Crippen LogP contribution in [0.15, 0.2) is 42.5 Å². The maximum absolute atomic E-state index is 11.3. The Kier molecular flexibility index (Phi) is 5.46. The van der Waals surface area contributed by atoms with Crippen LogP contribution >= 0.6 is 23.2 Å². The van der Waals surface area contributed by atoms with Crippen LogP contribution in [-0.2, 0) is 23.1 Å². The van der Waals surface area contributed by atoms with E-state index >= 15 is 0 Å². The van der Waals surface area contributed by atoms with Gasteiger partial charge in [-0.25, -0.2) is 0 Å². The van der Waals surface area contributed by atoms with Crippen molar-refractivity contribution < 1.29 is 4.21 Å². The van der Waals surface area contributed by atoms with Gasteiger partial charge in [0, 0.05) is 34.4 Å². The molecule has 20 heavy (non-hydrogen) atoms. The van der Waals surface area contributed by atoms with E-state index in [-0.39, 0.29) is 0 Å². The van der Waals surface area contributed by atoms with Crippen molar-refractivity contribution in [3.63, 3.8) is 0 Å². The first kappa shape index (κ1) is 15.4. The minimum absolute atomic E-state index is 0.526. The van der Waals surface area contributed by atoms with E-state index < -0.39 is 10.8 Å². The van der Waals surface area contributed by atoms with Crippen LogP contribution in [0, 0.1) is 0 Å². The average molecular weight is 328 g/mol. The summed E-state index contributed by atoms with van der Waals surface area (Å²) in [6, 6.07) is 13.3. The smallest absolute Gasteiger partial charge is 0.0637 e. The molecular weight excluding hydrogens is 313 g/mol. The van der Waals surface area contributed by atoms with Crippen molar-refractivity contribution >= 4 is 39.7 Å². The van der Waals surface area contributed by atoms with Crippen LogP contribution in [0.2, 0.25) is 10.0 Å². The molecule has 5 heteroatoms. The lowest BCUT2D eigenvalue weighted by Crippen LogP contribution is -2.02. The van der Waals surface area contributed by atoms with Gasteiger partial charge >= 0.3 is 0 Å². The molecule has 0 saturated heterocycles. The number of anilines is 1. The van der Waals surface area contributed by atoms with Gasteiger partial charge in [0.25, 0.3) is 0 Å². The number of hydrogen-bond donors (Lipinski definition) is 1. The Morgan fingerprint density at radius 3 is 2.55 bits per heavy atom. The van der Waals surface area contributed by atoms with Crippen LogP contribution in [0.1, 0.15) is 11.1 Å². The lowest BCUT2D eigenvalue weighted by molar-refractivity contribution is 0.686. The van der Waals surface area contributed by atoms with E-state index in [0.717, 1.165) is 21.8 Å². The summed E-state index contributed by atoms with van der Waals surface area (Å²) in [5.74, 6) is 0.526. The number of nitrogens with one attached hydrogen (secondary N) is 1. The average Bonchev–Trinajstić information content (AvgIpc) is 2.40. The molecule has 0 unspecified atom stereocenters. The Labute approximate surface area is 131 Å². The zero-order valence-electron chi connectivity index (χ0n) is 11.0. The maximum atomic E-state index is 11.3. The summed E-state index contributed by atoms with van der Waals surface area (Å²) in [4.78, 5) is 0. The first-order valence-electron chi connectivity index (χ1n) is 6.12. The van der Waals surface area contributed by atoms with Crippen molar-refractivity contribution in [2.75, 3.05) is 11.6 Å². The molecule has 0 fully saturated rings. The molecule has 0 bridgehead atoms. The van der Waals surface area contributed by atoms with Crippen LogP contribution in [-0.4, -0.2) is 10.5 Å². The van der Waals surface area contributed by atoms with Crippen molar-refractivity contribution in [3.8, 4) is 0 Å². The van der Waals surface area contributed by atoms with E-state index in [0.29, 0.717) is 17.3 Å². The molecule has 0 spiro atoms. The molecule has 0 aliphatic carbocycles. The minimum atomic E-state index is -0.867. The molecule has 2 aromatic carbocycles. The van der Waals surface area contributed by atoms with Crippen LogP contribution in [0.3, 0.4) is 0 Å². The number of benzene rings is 2. The first-order chi connectivity index (χ1) is 9.56. The highest BCUT2D eigenvalue weighted by atomic mass is 35.5. The fourth-order valence-corrected chi connectivity index (χ4v) is 2.90. The summed E-state index contributed by atoms with van der Waals surface area (Å²) in [5.41, 5.74) is 2.83. The molecule has 2 nitrogen and oxygen atoms in total. The molecule has 0 aliphatic rings. The summed E-state index contributed by atoms with van der Waals surface area (Å²) < 4.78 is 11.3. The molecule has 1 N–H and O–H groups in total. The molecule has 0 heterocycles. The van der Waals surface area contributed by atoms with Crippen molar-refractivity contribution in [2.45, 2.75) is 12.3 Å². The highest BCUT2D eigenvalue weighted by Gasteiger charge is 2.05. The lowest BCUT2D eigenvalue weighted by Gasteiger charge is -2.11. The fourth-order valence-electron chi connectivity index (χ4n) is 1.86. The third-order valence-corrected chi connectivity index (χ3v) is 4.27. The highest BCUT2D eigenvalue weighted by Crippen LogP contribution is 2.25. The van der Waals surface area contributed by atoms with E-state index in [1.54, 1.807) is 6.26 Å². The van der Waals surface area contributed by atoms with Gasteiger partial charge in [0.05, 0.1) is 10.7 Å². The molecule has 2 rings (SSSR count). The standard InChI is InChI=1S/C15H15Cl2NOS/c1-20(19)10-11-6-7-14(17)15(8-11)18-9-12-4-2-3-5-13(12)16/h2-8,18H,9-10H2,1H3/t20-/m1/s1. The van der Waals surface area contributed by atoms with Gasteiger partial charge in [-0.3, -0.25) is 4.21 Å². The van der Waals surface area contributed by atoms with Gasteiger partial charge < -0.3 is 5.32 Å². The third kappa shape index (κ3) is 4.23. The maximum Gasteiger partial charge on any atom is 0.0637 e. The van der Waals surface area contributed by atoms with E-state index in [1.807, 2.05) is 42.5 Å². The molecular formula is C15H15Cl2NOS. The second-order valence-corrected chi connectivity index (χ2v) is 6.73. The van der Waals surface area contributed by atoms with Crippen molar-refractivity contribution in [3.05, 3.63) is 63.6 Å². The van der Waals surface area contributed by atoms with E-state index in [9.17, 15) is 4.21 Å². The SMILES string of the molecule is C[S@@](=O)Cc1ccc(Cl)c(NCc2ccccc2Cl)c1. The first-order valence-corrected chi connectivity index (χ1v) is 8.60. The minimum Gasteiger partial charge on any atom is -0.380 e. The van der Waals surface area contributed by atoms with E-state index in [4.69, 9.17) is 23.2 Å². The zero-order valence-corrected chi connectivity index (χ0v) is 13.4. The predicted molar refractivity (Wildman–Crippen MR) is 88.0 cm³/mol. The topological polar surface area (TPSA) is 29.1 Å². The van der Waals surface area contributed by atoms with Crippen molar-refractivity contribution in [2.24, 2.45) is 0 Å². The zero-order chi connectivity index (χ0) is 14.5. The Morgan fingerprint density at radius 2 is 1.85 bits per heavy atom. The molecule has 1 atom stereocenters. The van der Waals surface area contributed by atoms with Gasteiger partial charge in [0.15, 0.2) is 0 Å². The van der Waals surface area contributed by atoms with Gasteiger partial charge in [-0.05, 0) is 29.3 Å². The molecule has 2 aromatic rings. The largest absolute Gasteiger partial charge is 0.380 e. The number of rotatable bonds is 5. The van der Waals surface area contributed by atoms with Gasteiger partial charge in [0.2, 0.25) is 0 Å². The lowest BCUT2D eigenvalue weighted by atomic mass is 10.2. The Morgan fingerprint density at radius 1 is 1.10 bits per heavy atom. The van der Waals surface area contributed by atoms with Crippen LogP contribution in [0.5, 0.6) is 0 Å². The molecule has 0 aromatic heterocycles. The Hall–Kier alpha value is -1.03. The normalized spacial score (nSPS) is 12.2. The van der Waals surface area contributed by atoms with Crippen LogP contribution < -0.4 is 5.32 Å². The second-order valence-electron chi connectivity index (χ2n) is 4.48. The molecule has 0 aliphatic heterocycles. The predicted octanol–water partition coefficient (Wildman–Crippen LogP) is 4.48. The number of halogens is 2. The summed E-state index contributed by atoms with van der Waals surface area (Å²) in [5, 5.41) is 4.63. The second kappa shape index (κ2) is 7.11. The third-order valence-electron chi connectivity index (χ3n) is 2.83. The van der Waals surface area contributed by atoms with Gasteiger partial charge in [-0.2, -0.15) is 0 Å². The summed E-state index contributed by atoms with van der Waals surface area (Å²) in [6.45, 7) is 0.595. The summed E-state index contributed by atoms with van der Waals surface area (Å²) in [6.07, 6.45) is 1.69. The van der Waals surface area contributed by atoms with Gasteiger partial charge in [-0.15, -0.1) is 0 Å². The number of hydrogen-bond acceptors (Lipinski definition) is 2. The van der Waals surface area contributed by atoms with Gasteiger partial charge in [0.1, 0.15) is 0 Å². The summed E-state index contributed by atoms with van der Waals surface area (Å²) in [7, 11) is -0.867. The Bertz CT molecular complexity index is 631. The van der Waals surface area contributed by atoms with Crippen molar-refractivity contribution in [1.29, 1.82) is 0 Å². The van der Waals surface area contributed by atoms with Gasteiger partial charge in [-0.1, -0.05) is 47.5 Å². The molecule has 106 valence electrons. The Balaban J connectivity index is 2.12. The van der Waals surface area contributed by atoms with E-state index in [1.165, 1.54) is 0 Å². The summed E-state index contributed by atoms with van der Waals surface area (Å²) >= 11 is 12.3. The molecule has 0 amide bonds. The van der Waals surface area contributed by atoms with Crippen LogP contribution in [0.4, 0.5) is 5.69 Å². The monoisotopic (exact) mass is 327 g/mol. The van der Waals surface area contributed by atoms with E-state index in [2.05, 4.69) is 5.32 Å².